The van der Waals surface area contributed by atoms with Gasteiger partial charge in [0.1, 0.15) is 5.78 Å². The number of nitro benzene ring substituents is 1. The minimum absolute atomic E-state index is 0.0131. The van der Waals surface area contributed by atoms with Crippen LogP contribution >= 0.6 is 0 Å². The maximum absolute atomic E-state index is 12.5. The molecule has 124 valence electrons. The van der Waals surface area contributed by atoms with Crippen molar-refractivity contribution in [3.05, 3.63) is 50.5 Å². The fraction of sp³-hybridized carbons (Fsp3) is 0.375. The molecule has 2 heterocycles. The van der Waals surface area contributed by atoms with E-state index in [1.807, 2.05) is 0 Å². The molecule has 7 nitrogen and oxygen atoms in total. The number of ketones is 1. The van der Waals surface area contributed by atoms with E-state index in [0.29, 0.717) is 36.2 Å². The number of aliphatic imine (C=N–C) groups is 1. The predicted octanol–water partition coefficient (Wildman–Crippen LogP) is 2.14. The summed E-state index contributed by atoms with van der Waals surface area (Å²) in [6.07, 6.45) is 1.22. The minimum atomic E-state index is -3.49. The number of nitro groups is 1. The smallest absolute Gasteiger partial charge is 0.269 e. The highest BCUT2D eigenvalue weighted by molar-refractivity contribution is 7.95. The molecule has 0 bridgehead atoms. The maximum atomic E-state index is 12.5. The lowest BCUT2D eigenvalue weighted by Crippen LogP contribution is -2.30. The van der Waals surface area contributed by atoms with Gasteiger partial charge < -0.3 is 0 Å². The molecule has 2 aliphatic heterocycles. The second-order valence-corrected chi connectivity index (χ2v) is 8.33. The van der Waals surface area contributed by atoms with Crippen LogP contribution in [-0.2, 0) is 14.6 Å². The fourth-order valence-corrected chi connectivity index (χ4v) is 5.73. The lowest BCUT2D eigenvalue weighted by atomic mass is 9.80. The number of rotatable bonds is 2. The van der Waals surface area contributed by atoms with E-state index in [0.717, 1.165) is 0 Å². The van der Waals surface area contributed by atoms with Gasteiger partial charge in [-0.2, -0.15) is 0 Å². The van der Waals surface area contributed by atoms with Crippen LogP contribution in [0.25, 0.3) is 0 Å². The summed E-state index contributed by atoms with van der Waals surface area (Å²) < 4.78 is 25.0. The van der Waals surface area contributed by atoms with Crippen LogP contribution in [0, 0.1) is 16.0 Å². The van der Waals surface area contributed by atoms with Crippen molar-refractivity contribution in [1.29, 1.82) is 0 Å². The van der Waals surface area contributed by atoms with E-state index >= 15 is 0 Å². The van der Waals surface area contributed by atoms with Crippen molar-refractivity contribution >= 4 is 27.0 Å². The lowest BCUT2D eigenvalue weighted by Gasteiger charge is -2.28. The molecular weight excluding hydrogens is 332 g/mol. The first kappa shape index (κ1) is 15.2. The zero-order valence-electron chi connectivity index (χ0n) is 12.6. The summed E-state index contributed by atoms with van der Waals surface area (Å²) in [5.41, 5.74) is 1.62. The van der Waals surface area contributed by atoms with Gasteiger partial charge in [-0.05, 0) is 12.0 Å². The van der Waals surface area contributed by atoms with E-state index in [1.165, 1.54) is 18.2 Å². The van der Waals surface area contributed by atoms with Gasteiger partial charge in [0.25, 0.3) is 5.69 Å². The fourth-order valence-electron chi connectivity index (χ4n) is 3.88. The third-order valence-electron chi connectivity index (χ3n) is 4.90. The first-order valence-corrected chi connectivity index (χ1v) is 9.34. The molecule has 0 radical (unpaired) electrons. The van der Waals surface area contributed by atoms with E-state index in [1.54, 1.807) is 6.07 Å². The van der Waals surface area contributed by atoms with Crippen LogP contribution in [0.5, 0.6) is 0 Å². The third kappa shape index (κ3) is 2.13. The molecule has 0 saturated heterocycles. The molecule has 1 aliphatic carbocycles. The number of hydrogen-bond donors (Lipinski definition) is 0. The van der Waals surface area contributed by atoms with E-state index in [4.69, 9.17) is 0 Å². The minimum Gasteiger partial charge on any atom is -0.299 e. The number of Topliss-reactive ketones (excluding diaryl/α,β-unsaturated/α-hetero) is 1. The van der Waals surface area contributed by atoms with Gasteiger partial charge in [0, 0.05) is 36.6 Å². The molecule has 24 heavy (non-hydrogen) atoms. The molecule has 1 aromatic carbocycles. The van der Waals surface area contributed by atoms with Crippen LogP contribution < -0.4 is 0 Å². The molecule has 4 rings (SSSR count). The van der Waals surface area contributed by atoms with Crippen LogP contribution in [0.15, 0.2) is 39.9 Å². The molecule has 0 spiro atoms. The quantitative estimate of drug-likeness (QED) is 0.602. The second-order valence-electron chi connectivity index (χ2n) is 6.26. The number of hydrogen-bond acceptors (Lipinski definition) is 6. The van der Waals surface area contributed by atoms with Gasteiger partial charge in [0.2, 0.25) is 0 Å². The number of nitrogens with zero attached hydrogens (tertiary/aromatic N) is 2. The first-order valence-electron chi connectivity index (χ1n) is 7.69. The summed E-state index contributed by atoms with van der Waals surface area (Å²) in [5, 5.41) is 11.1. The third-order valence-corrected chi connectivity index (χ3v) is 6.80. The Kier molecular flexibility index (Phi) is 3.21. The van der Waals surface area contributed by atoms with Crippen molar-refractivity contribution in [2.45, 2.75) is 25.2 Å². The molecule has 0 aromatic heterocycles. The van der Waals surface area contributed by atoms with Crippen LogP contribution in [0.4, 0.5) is 5.69 Å². The molecule has 1 fully saturated rings. The summed E-state index contributed by atoms with van der Waals surface area (Å²) >= 11 is 0. The van der Waals surface area contributed by atoms with Gasteiger partial charge in [-0.3, -0.25) is 19.9 Å². The van der Waals surface area contributed by atoms with Crippen molar-refractivity contribution < 1.29 is 18.1 Å². The standard InChI is InChI=1S/C16H14N2O5S/c19-13-5-4-11-15(13)14(9-2-1-3-10(8-9)18(20)21)16-12(17-11)6-7-24(16,22)23/h1-3,8,14-15H,4-7H2. The van der Waals surface area contributed by atoms with Gasteiger partial charge >= 0.3 is 0 Å². The number of allylic oxidation sites excluding steroid dienone is 2. The largest absolute Gasteiger partial charge is 0.299 e. The van der Waals surface area contributed by atoms with E-state index in [9.17, 15) is 23.3 Å². The highest BCUT2D eigenvalue weighted by atomic mass is 32.2. The van der Waals surface area contributed by atoms with Crippen molar-refractivity contribution in [3.8, 4) is 0 Å². The Labute approximate surface area is 138 Å². The number of fused-ring (bicyclic) bond motifs is 1. The number of carbonyl (C=O) groups excluding carboxylic acids is 1. The Morgan fingerprint density at radius 2 is 1.96 bits per heavy atom. The molecule has 2 unspecified atom stereocenters. The molecule has 0 amide bonds. The van der Waals surface area contributed by atoms with Crippen LogP contribution in [0.2, 0.25) is 0 Å². The zero-order valence-corrected chi connectivity index (χ0v) is 13.5. The van der Waals surface area contributed by atoms with Crippen molar-refractivity contribution in [1.82, 2.24) is 0 Å². The molecular formula is C16H14N2O5S. The molecule has 1 aromatic rings. The van der Waals surface area contributed by atoms with Crippen LogP contribution in [0.1, 0.15) is 30.7 Å². The molecule has 2 atom stereocenters. The highest BCUT2D eigenvalue weighted by Gasteiger charge is 2.49. The van der Waals surface area contributed by atoms with E-state index in [2.05, 4.69) is 4.99 Å². The molecule has 1 saturated carbocycles. The van der Waals surface area contributed by atoms with Gasteiger partial charge in [0.15, 0.2) is 9.84 Å². The van der Waals surface area contributed by atoms with Crippen molar-refractivity contribution in [2.24, 2.45) is 10.9 Å². The van der Waals surface area contributed by atoms with Crippen molar-refractivity contribution in [2.75, 3.05) is 5.75 Å². The zero-order chi connectivity index (χ0) is 17.1. The lowest BCUT2D eigenvalue weighted by molar-refractivity contribution is -0.384. The number of non-ortho nitro benzene ring substituents is 1. The normalized spacial score (nSPS) is 27.7. The monoisotopic (exact) mass is 346 g/mol. The summed E-state index contributed by atoms with van der Waals surface area (Å²) in [4.78, 5) is 27.6. The average molecular weight is 346 g/mol. The summed E-state index contributed by atoms with van der Waals surface area (Å²) in [5.74, 6) is -1.35. The van der Waals surface area contributed by atoms with E-state index < -0.39 is 26.6 Å². The number of sulfone groups is 1. The molecule has 8 heteroatoms. The predicted molar refractivity (Wildman–Crippen MR) is 86.4 cm³/mol. The summed E-state index contributed by atoms with van der Waals surface area (Å²) in [7, 11) is -3.49. The van der Waals surface area contributed by atoms with E-state index in [-0.39, 0.29) is 22.1 Å². The molecule has 0 N–H and O–H groups in total. The highest BCUT2D eigenvalue weighted by Crippen LogP contribution is 2.49. The topological polar surface area (TPSA) is 107 Å². The number of carbonyl (C=O) groups is 1. The molecule has 3 aliphatic rings. The SMILES string of the molecule is O=C1CCC2=NC3=C(C(c4cccc([N+](=O)[O-])c4)C12)S(=O)(=O)CC3. The summed E-state index contributed by atoms with van der Waals surface area (Å²) in [6, 6.07) is 5.92. The second kappa shape index (κ2) is 5.07. The Hall–Kier alpha value is -2.35. The Bertz CT molecular complexity index is 945. The van der Waals surface area contributed by atoms with Crippen molar-refractivity contribution in [3.63, 3.8) is 0 Å². The maximum Gasteiger partial charge on any atom is 0.269 e. The van der Waals surface area contributed by atoms with Crippen LogP contribution in [0.3, 0.4) is 0 Å². The Balaban J connectivity index is 1.93. The number of benzene rings is 1. The first-order chi connectivity index (χ1) is 11.4. The van der Waals surface area contributed by atoms with Gasteiger partial charge in [-0.25, -0.2) is 8.42 Å². The summed E-state index contributed by atoms with van der Waals surface area (Å²) in [6.45, 7) is 0. The van der Waals surface area contributed by atoms with Gasteiger partial charge in [-0.1, -0.05) is 12.1 Å². The van der Waals surface area contributed by atoms with Gasteiger partial charge in [0.05, 0.1) is 27.2 Å². The Morgan fingerprint density at radius 3 is 2.71 bits per heavy atom. The Morgan fingerprint density at radius 1 is 1.17 bits per heavy atom. The van der Waals surface area contributed by atoms with Gasteiger partial charge in [-0.15, -0.1) is 0 Å². The van der Waals surface area contributed by atoms with Crippen LogP contribution in [-0.4, -0.2) is 30.6 Å². The average Bonchev–Trinajstić information content (AvgIpc) is 3.06.